The lowest BCUT2D eigenvalue weighted by molar-refractivity contribution is -0.386. The third kappa shape index (κ3) is 2.94. The van der Waals surface area contributed by atoms with Gasteiger partial charge in [-0.1, -0.05) is 23.2 Å². The van der Waals surface area contributed by atoms with Crippen molar-refractivity contribution in [1.29, 1.82) is 0 Å². The number of rotatable bonds is 3. The van der Waals surface area contributed by atoms with E-state index in [-0.39, 0.29) is 11.6 Å². The van der Waals surface area contributed by atoms with E-state index in [9.17, 15) is 10.1 Å². The van der Waals surface area contributed by atoms with Crippen LogP contribution < -0.4 is 4.74 Å². The SMILES string of the molecule is COc1nc(-c2cc(Cl)cc(Cl)c2)ccc1[N+](=O)[O-]. The smallest absolute Gasteiger partial charge is 0.330 e. The van der Waals surface area contributed by atoms with Crippen LogP contribution in [0.1, 0.15) is 0 Å². The standard InChI is InChI=1S/C12H8Cl2N2O3/c1-19-12-11(16(17)18)3-2-10(15-12)7-4-8(13)6-9(14)5-7/h2-6H,1H3. The maximum atomic E-state index is 10.8. The number of hydrogen-bond donors (Lipinski definition) is 0. The monoisotopic (exact) mass is 298 g/mol. The summed E-state index contributed by atoms with van der Waals surface area (Å²) in [6, 6.07) is 7.77. The average Bonchev–Trinajstić information content (AvgIpc) is 2.36. The maximum absolute atomic E-state index is 10.8. The minimum Gasteiger partial charge on any atom is -0.476 e. The van der Waals surface area contributed by atoms with Crippen molar-refractivity contribution < 1.29 is 9.66 Å². The minimum atomic E-state index is -0.555. The lowest BCUT2D eigenvalue weighted by Gasteiger charge is -2.05. The number of hydrogen-bond acceptors (Lipinski definition) is 4. The van der Waals surface area contributed by atoms with Crippen molar-refractivity contribution in [2.75, 3.05) is 7.11 Å². The van der Waals surface area contributed by atoms with Crippen molar-refractivity contribution in [2.24, 2.45) is 0 Å². The molecule has 98 valence electrons. The molecule has 0 unspecified atom stereocenters. The molecule has 2 aromatic rings. The van der Waals surface area contributed by atoms with Crippen LogP contribution in [-0.4, -0.2) is 17.0 Å². The second kappa shape index (κ2) is 5.42. The minimum absolute atomic E-state index is 0.0569. The molecule has 0 saturated carbocycles. The molecule has 0 N–H and O–H groups in total. The van der Waals surface area contributed by atoms with Gasteiger partial charge in [-0.15, -0.1) is 0 Å². The van der Waals surface area contributed by atoms with Gasteiger partial charge in [-0.25, -0.2) is 4.98 Å². The number of benzene rings is 1. The van der Waals surface area contributed by atoms with E-state index in [0.29, 0.717) is 21.3 Å². The van der Waals surface area contributed by atoms with Crippen LogP contribution in [0.2, 0.25) is 10.0 Å². The molecule has 7 heteroatoms. The van der Waals surface area contributed by atoms with Gasteiger partial charge in [0.25, 0.3) is 5.88 Å². The first-order valence-electron chi connectivity index (χ1n) is 5.17. The number of methoxy groups -OCH3 is 1. The topological polar surface area (TPSA) is 65.3 Å². The summed E-state index contributed by atoms with van der Waals surface area (Å²) in [6.45, 7) is 0. The Morgan fingerprint density at radius 2 is 1.84 bits per heavy atom. The van der Waals surface area contributed by atoms with E-state index >= 15 is 0 Å². The zero-order chi connectivity index (χ0) is 14.0. The first kappa shape index (κ1) is 13.6. The summed E-state index contributed by atoms with van der Waals surface area (Å²) in [5, 5.41) is 11.7. The Bertz CT molecular complexity index is 627. The second-order valence-electron chi connectivity index (χ2n) is 3.64. The van der Waals surface area contributed by atoms with Crippen molar-refractivity contribution in [3.05, 3.63) is 50.5 Å². The summed E-state index contributed by atoms with van der Waals surface area (Å²) in [5.41, 5.74) is 0.955. The lowest BCUT2D eigenvalue weighted by atomic mass is 10.1. The molecular weight excluding hydrogens is 291 g/mol. The van der Waals surface area contributed by atoms with E-state index in [2.05, 4.69) is 4.98 Å². The molecule has 0 saturated heterocycles. The number of aromatic nitrogens is 1. The van der Waals surface area contributed by atoms with Gasteiger partial charge in [0.05, 0.1) is 17.7 Å². The van der Waals surface area contributed by atoms with Gasteiger partial charge in [0, 0.05) is 21.7 Å². The van der Waals surface area contributed by atoms with E-state index in [1.165, 1.54) is 19.2 Å². The zero-order valence-electron chi connectivity index (χ0n) is 9.76. The number of ether oxygens (including phenoxy) is 1. The Morgan fingerprint density at radius 3 is 2.37 bits per heavy atom. The Balaban J connectivity index is 2.54. The van der Waals surface area contributed by atoms with Crippen LogP contribution in [-0.2, 0) is 0 Å². The maximum Gasteiger partial charge on any atom is 0.330 e. The van der Waals surface area contributed by atoms with Gasteiger partial charge in [-0.3, -0.25) is 10.1 Å². The van der Waals surface area contributed by atoms with Gasteiger partial charge in [0.1, 0.15) is 0 Å². The molecule has 0 aliphatic heterocycles. The van der Waals surface area contributed by atoms with Crippen LogP contribution in [0.4, 0.5) is 5.69 Å². The summed E-state index contributed by atoms with van der Waals surface area (Å²) in [7, 11) is 1.32. The number of nitro groups is 1. The Hall–Kier alpha value is -1.85. The van der Waals surface area contributed by atoms with Gasteiger partial charge in [0.15, 0.2) is 0 Å². The molecule has 19 heavy (non-hydrogen) atoms. The molecule has 1 aromatic heterocycles. The summed E-state index contributed by atoms with van der Waals surface area (Å²) in [5.74, 6) is -0.0569. The highest BCUT2D eigenvalue weighted by molar-refractivity contribution is 6.35. The van der Waals surface area contributed by atoms with Crippen LogP contribution in [0.25, 0.3) is 11.3 Å². The first-order valence-corrected chi connectivity index (χ1v) is 5.92. The lowest BCUT2D eigenvalue weighted by Crippen LogP contribution is -1.97. The fraction of sp³-hybridized carbons (Fsp3) is 0.0833. The summed E-state index contributed by atoms with van der Waals surface area (Å²) in [6.07, 6.45) is 0. The summed E-state index contributed by atoms with van der Waals surface area (Å²) >= 11 is 11.8. The number of halogens is 2. The van der Waals surface area contributed by atoms with Crippen LogP contribution in [0.5, 0.6) is 5.88 Å². The van der Waals surface area contributed by atoms with Crippen molar-refractivity contribution in [2.45, 2.75) is 0 Å². The van der Waals surface area contributed by atoms with Crippen LogP contribution in [0.3, 0.4) is 0 Å². The Morgan fingerprint density at radius 1 is 1.21 bits per heavy atom. The highest BCUT2D eigenvalue weighted by atomic mass is 35.5. The number of pyridine rings is 1. The van der Waals surface area contributed by atoms with Gasteiger partial charge >= 0.3 is 5.69 Å². The van der Waals surface area contributed by atoms with E-state index in [0.717, 1.165) is 0 Å². The van der Waals surface area contributed by atoms with Crippen molar-refractivity contribution in [3.8, 4) is 17.1 Å². The molecule has 0 atom stereocenters. The predicted octanol–water partition coefficient (Wildman–Crippen LogP) is 3.97. The highest BCUT2D eigenvalue weighted by Gasteiger charge is 2.17. The third-order valence-corrected chi connectivity index (χ3v) is 2.82. The Kier molecular flexibility index (Phi) is 3.87. The molecule has 0 fully saturated rings. The van der Waals surface area contributed by atoms with Crippen LogP contribution >= 0.6 is 23.2 Å². The molecule has 0 aliphatic rings. The Labute approximate surface area is 118 Å². The predicted molar refractivity (Wildman–Crippen MR) is 72.9 cm³/mol. The molecule has 0 bridgehead atoms. The first-order chi connectivity index (χ1) is 9.01. The van der Waals surface area contributed by atoms with Gasteiger partial charge in [0.2, 0.25) is 0 Å². The van der Waals surface area contributed by atoms with Crippen molar-refractivity contribution in [3.63, 3.8) is 0 Å². The third-order valence-electron chi connectivity index (χ3n) is 2.39. The van der Waals surface area contributed by atoms with E-state index in [1.54, 1.807) is 18.2 Å². The molecular formula is C12H8Cl2N2O3. The van der Waals surface area contributed by atoms with Crippen molar-refractivity contribution in [1.82, 2.24) is 4.98 Å². The van der Waals surface area contributed by atoms with E-state index in [4.69, 9.17) is 27.9 Å². The highest BCUT2D eigenvalue weighted by Crippen LogP contribution is 2.31. The van der Waals surface area contributed by atoms with Crippen LogP contribution in [0, 0.1) is 10.1 Å². The molecule has 1 aromatic carbocycles. The van der Waals surface area contributed by atoms with Crippen LogP contribution in [0.15, 0.2) is 30.3 Å². The fourth-order valence-corrected chi connectivity index (χ4v) is 2.11. The largest absolute Gasteiger partial charge is 0.476 e. The van der Waals surface area contributed by atoms with Gasteiger partial charge < -0.3 is 4.74 Å². The normalized spacial score (nSPS) is 10.3. The summed E-state index contributed by atoms with van der Waals surface area (Å²) in [4.78, 5) is 14.3. The molecule has 5 nitrogen and oxygen atoms in total. The van der Waals surface area contributed by atoms with Crippen molar-refractivity contribution >= 4 is 28.9 Å². The summed E-state index contributed by atoms with van der Waals surface area (Å²) < 4.78 is 4.91. The number of nitrogens with zero attached hydrogens (tertiary/aromatic N) is 2. The molecule has 0 spiro atoms. The zero-order valence-corrected chi connectivity index (χ0v) is 11.3. The average molecular weight is 299 g/mol. The van der Waals surface area contributed by atoms with E-state index < -0.39 is 4.92 Å². The molecule has 1 heterocycles. The molecule has 2 rings (SSSR count). The fourth-order valence-electron chi connectivity index (χ4n) is 1.58. The van der Waals surface area contributed by atoms with E-state index in [1.807, 2.05) is 0 Å². The molecule has 0 aliphatic carbocycles. The van der Waals surface area contributed by atoms with Gasteiger partial charge in [-0.05, 0) is 24.3 Å². The second-order valence-corrected chi connectivity index (χ2v) is 4.51. The quantitative estimate of drug-likeness (QED) is 0.635. The van der Waals surface area contributed by atoms with Gasteiger partial charge in [-0.2, -0.15) is 0 Å². The molecule has 0 amide bonds. The molecule has 0 radical (unpaired) electrons.